The van der Waals surface area contributed by atoms with Crippen molar-refractivity contribution >= 4 is 18.0 Å². The number of nitrogens with two attached hydrogens (primary N) is 1. The van der Waals surface area contributed by atoms with Gasteiger partial charge >= 0.3 is 0 Å². The van der Waals surface area contributed by atoms with Gasteiger partial charge in [0.2, 0.25) is 5.16 Å². The SMILES string of the molecule is COc1ccc(C=O)cc1CSc1nnc(C)n1N. The maximum atomic E-state index is 10.8. The van der Waals surface area contributed by atoms with Gasteiger partial charge in [0, 0.05) is 16.9 Å². The summed E-state index contributed by atoms with van der Waals surface area (Å²) in [5.74, 6) is 7.76. The summed E-state index contributed by atoms with van der Waals surface area (Å²) in [6.45, 7) is 1.78. The summed E-state index contributed by atoms with van der Waals surface area (Å²) in [5.41, 5.74) is 1.53. The minimum Gasteiger partial charge on any atom is -0.496 e. The lowest BCUT2D eigenvalue weighted by Gasteiger charge is -2.08. The van der Waals surface area contributed by atoms with Gasteiger partial charge in [0.1, 0.15) is 17.9 Å². The van der Waals surface area contributed by atoms with Gasteiger partial charge in [-0.15, -0.1) is 10.2 Å². The van der Waals surface area contributed by atoms with Crippen LogP contribution < -0.4 is 10.6 Å². The standard InChI is InChI=1S/C12H14N4O2S/c1-8-14-15-12(16(8)13)19-7-10-5-9(6-17)3-4-11(10)18-2/h3-6H,7,13H2,1-2H3. The van der Waals surface area contributed by atoms with E-state index in [1.54, 1.807) is 32.2 Å². The highest BCUT2D eigenvalue weighted by atomic mass is 32.2. The number of nitrogen functional groups attached to an aromatic ring is 1. The van der Waals surface area contributed by atoms with Crippen molar-refractivity contribution < 1.29 is 9.53 Å². The van der Waals surface area contributed by atoms with E-state index in [2.05, 4.69) is 10.2 Å². The minimum absolute atomic E-state index is 0.597. The fourth-order valence-corrected chi connectivity index (χ4v) is 2.46. The van der Waals surface area contributed by atoms with Crippen molar-refractivity contribution in [2.24, 2.45) is 0 Å². The fraction of sp³-hybridized carbons (Fsp3) is 0.250. The molecule has 0 radical (unpaired) electrons. The second-order valence-corrected chi connectivity index (χ2v) is 4.82. The molecule has 0 unspecified atom stereocenters. The third-order valence-corrected chi connectivity index (χ3v) is 3.62. The average molecular weight is 278 g/mol. The van der Waals surface area contributed by atoms with Crippen LogP contribution in [-0.2, 0) is 5.75 Å². The van der Waals surface area contributed by atoms with E-state index >= 15 is 0 Å². The molecular formula is C12H14N4O2S. The molecule has 0 saturated heterocycles. The van der Waals surface area contributed by atoms with Crippen LogP contribution in [0.15, 0.2) is 23.4 Å². The van der Waals surface area contributed by atoms with Crippen LogP contribution in [0.5, 0.6) is 5.75 Å². The van der Waals surface area contributed by atoms with Crippen LogP contribution in [0.4, 0.5) is 0 Å². The van der Waals surface area contributed by atoms with Crippen molar-refractivity contribution in [3.8, 4) is 5.75 Å². The van der Waals surface area contributed by atoms with Crippen LogP contribution in [0.2, 0.25) is 0 Å². The third-order valence-electron chi connectivity index (χ3n) is 2.63. The van der Waals surface area contributed by atoms with Gasteiger partial charge in [-0.05, 0) is 25.1 Å². The Morgan fingerprint density at radius 2 is 2.26 bits per heavy atom. The van der Waals surface area contributed by atoms with Crippen LogP contribution in [-0.4, -0.2) is 28.3 Å². The molecule has 2 aromatic rings. The fourth-order valence-electron chi connectivity index (χ4n) is 1.58. The number of aldehydes is 1. The van der Waals surface area contributed by atoms with Crippen LogP contribution in [0.1, 0.15) is 21.7 Å². The molecule has 0 aliphatic rings. The Balaban J connectivity index is 2.18. The van der Waals surface area contributed by atoms with Crippen LogP contribution in [0.3, 0.4) is 0 Å². The molecule has 7 heteroatoms. The Bertz CT molecular complexity index is 597. The monoisotopic (exact) mass is 278 g/mol. The lowest BCUT2D eigenvalue weighted by Crippen LogP contribution is -2.11. The summed E-state index contributed by atoms with van der Waals surface area (Å²) in [6, 6.07) is 5.29. The van der Waals surface area contributed by atoms with Crippen molar-refractivity contribution in [3.05, 3.63) is 35.2 Å². The molecule has 2 rings (SSSR count). The molecule has 6 nitrogen and oxygen atoms in total. The number of benzene rings is 1. The van der Waals surface area contributed by atoms with E-state index in [0.717, 1.165) is 17.6 Å². The normalized spacial score (nSPS) is 10.4. The molecule has 0 atom stereocenters. The van der Waals surface area contributed by atoms with Crippen LogP contribution in [0.25, 0.3) is 0 Å². The van der Waals surface area contributed by atoms with Crippen molar-refractivity contribution in [1.82, 2.24) is 14.9 Å². The first-order valence-corrected chi connectivity index (χ1v) is 6.56. The number of thioether (sulfide) groups is 1. The van der Waals surface area contributed by atoms with E-state index in [4.69, 9.17) is 10.6 Å². The number of carbonyl (C=O) groups is 1. The zero-order valence-electron chi connectivity index (χ0n) is 10.7. The first-order chi connectivity index (χ1) is 9.15. The van der Waals surface area contributed by atoms with Crippen molar-refractivity contribution in [1.29, 1.82) is 0 Å². The Morgan fingerprint density at radius 3 is 2.84 bits per heavy atom. The number of rotatable bonds is 5. The number of aryl methyl sites for hydroxylation is 1. The smallest absolute Gasteiger partial charge is 0.210 e. The van der Waals surface area contributed by atoms with Gasteiger partial charge in [-0.25, -0.2) is 4.68 Å². The molecule has 1 aromatic carbocycles. The predicted molar refractivity (Wildman–Crippen MR) is 72.9 cm³/mol. The molecule has 0 fully saturated rings. The summed E-state index contributed by atoms with van der Waals surface area (Å²) in [7, 11) is 1.60. The Morgan fingerprint density at radius 1 is 1.47 bits per heavy atom. The predicted octanol–water partition coefficient (Wildman–Crippen LogP) is 1.41. The van der Waals surface area contributed by atoms with Crippen LogP contribution >= 0.6 is 11.8 Å². The molecule has 2 N–H and O–H groups in total. The Labute approximate surface area is 114 Å². The number of carbonyl (C=O) groups excluding carboxylic acids is 1. The topological polar surface area (TPSA) is 83.0 Å². The van der Waals surface area contributed by atoms with Crippen molar-refractivity contribution in [2.45, 2.75) is 17.8 Å². The summed E-state index contributed by atoms with van der Waals surface area (Å²) in [5, 5.41) is 8.47. The summed E-state index contributed by atoms with van der Waals surface area (Å²) in [6.07, 6.45) is 0.809. The number of ether oxygens (including phenoxy) is 1. The number of methoxy groups -OCH3 is 1. The quantitative estimate of drug-likeness (QED) is 0.506. The summed E-state index contributed by atoms with van der Waals surface area (Å²) >= 11 is 1.44. The molecular weight excluding hydrogens is 264 g/mol. The van der Waals surface area contributed by atoms with Gasteiger partial charge in [0.25, 0.3) is 0 Å². The molecule has 0 aliphatic carbocycles. The molecule has 0 amide bonds. The lowest BCUT2D eigenvalue weighted by molar-refractivity contribution is 0.112. The molecule has 1 heterocycles. The summed E-state index contributed by atoms with van der Waals surface area (Å²) < 4.78 is 6.70. The molecule has 0 saturated carbocycles. The molecule has 100 valence electrons. The number of aromatic nitrogens is 3. The molecule has 0 spiro atoms. The molecule has 19 heavy (non-hydrogen) atoms. The molecule has 1 aromatic heterocycles. The van der Waals surface area contributed by atoms with E-state index in [9.17, 15) is 4.79 Å². The number of hydrogen-bond donors (Lipinski definition) is 1. The first kappa shape index (κ1) is 13.4. The van der Waals surface area contributed by atoms with E-state index in [-0.39, 0.29) is 0 Å². The molecule has 0 bridgehead atoms. The van der Waals surface area contributed by atoms with E-state index in [0.29, 0.717) is 22.3 Å². The Kier molecular flexibility index (Phi) is 4.06. The van der Waals surface area contributed by atoms with Crippen LogP contribution in [0, 0.1) is 6.92 Å². The van der Waals surface area contributed by atoms with Gasteiger partial charge in [-0.3, -0.25) is 4.79 Å². The number of nitrogens with zero attached hydrogens (tertiary/aromatic N) is 3. The van der Waals surface area contributed by atoms with E-state index < -0.39 is 0 Å². The second kappa shape index (κ2) is 5.75. The largest absolute Gasteiger partial charge is 0.496 e. The highest BCUT2D eigenvalue weighted by molar-refractivity contribution is 7.98. The number of hydrogen-bond acceptors (Lipinski definition) is 6. The zero-order valence-corrected chi connectivity index (χ0v) is 11.5. The van der Waals surface area contributed by atoms with Gasteiger partial charge < -0.3 is 10.6 Å². The van der Waals surface area contributed by atoms with Crippen molar-refractivity contribution in [2.75, 3.05) is 13.0 Å². The maximum Gasteiger partial charge on any atom is 0.210 e. The highest BCUT2D eigenvalue weighted by Crippen LogP contribution is 2.27. The highest BCUT2D eigenvalue weighted by Gasteiger charge is 2.10. The zero-order chi connectivity index (χ0) is 13.8. The molecule has 0 aliphatic heterocycles. The van der Waals surface area contributed by atoms with Gasteiger partial charge in [-0.1, -0.05) is 11.8 Å². The average Bonchev–Trinajstić information content (AvgIpc) is 2.76. The Hall–Kier alpha value is -2.02. The van der Waals surface area contributed by atoms with E-state index in [1.165, 1.54) is 16.4 Å². The van der Waals surface area contributed by atoms with Gasteiger partial charge in [0.15, 0.2) is 0 Å². The minimum atomic E-state index is 0.597. The first-order valence-electron chi connectivity index (χ1n) is 5.57. The van der Waals surface area contributed by atoms with Gasteiger partial charge in [0.05, 0.1) is 7.11 Å². The lowest BCUT2D eigenvalue weighted by atomic mass is 10.1. The van der Waals surface area contributed by atoms with Gasteiger partial charge in [-0.2, -0.15) is 0 Å². The second-order valence-electron chi connectivity index (χ2n) is 3.88. The summed E-state index contributed by atoms with van der Waals surface area (Å²) in [4.78, 5) is 10.8. The third kappa shape index (κ3) is 2.87. The van der Waals surface area contributed by atoms with E-state index in [1.807, 2.05) is 0 Å². The maximum absolute atomic E-state index is 10.8. The van der Waals surface area contributed by atoms with Crippen molar-refractivity contribution in [3.63, 3.8) is 0 Å².